The van der Waals surface area contributed by atoms with Crippen molar-refractivity contribution in [2.45, 2.75) is 52.0 Å². The first-order chi connectivity index (χ1) is 10.4. The summed E-state index contributed by atoms with van der Waals surface area (Å²) in [6.45, 7) is 8.91. The van der Waals surface area contributed by atoms with Crippen molar-refractivity contribution in [3.63, 3.8) is 0 Å². The lowest BCUT2D eigenvalue weighted by molar-refractivity contribution is -0.133. The molecule has 2 rings (SSSR count). The number of aromatic nitrogens is 1. The molecule has 122 valence electrons. The molecule has 2 heterocycles. The molecule has 0 saturated carbocycles. The normalized spacial score (nSPS) is 19.3. The third-order valence-electron chi connectivity index (χ3n) is 4.43. The number of carbonyl (C=O) groups is 1. The molecule has 1 saturated heterocycles. The predicted molar refractivity (Wildman–Crippen MR) is 89.9 cm³/mol. The van der Waals surface area contributed by atoms with E-state index >= 15 is 0 Å². The minimum Gasteiger partial charge on any atom is -0.343 e. The van der Waals surface area contributed by atoms with Crippen LogP contribution in [0, 0.1) is 0 Å². The van der Waals surface area contributed by atoms with Crippen LogP contribution in [-0.2, 0) is 11.3 Å². The van der Waals surface area contributed by atoms with Crippen LogP contribution in [0.2, 0.25) is 0 Å². The maximum atomic E-state index is 12.2. The number of likely N-dealkylation sites (tertiary alicyclic amines) is 1. The lowest BCUT2D eigenvalue weighted by Crippen LogP contribution is -2.38. The van der Waals surface area contributed by atoms with Crippen LogP contribution in [-0.4, -0.2) is 47.9 Å². The average molecular weight is 303 g/mol. The zero-order valence-electron chi connectivity index (χ0n) is 14.6. The first kappa shape index (κ1) is 16.9. The molecule has 1 atom stereocenters. The van der Waals surface area contributed by atoms with Crippen molar-refractivity contribution < 1.29 is 4.79 Å². The van der Waals surface area contributed by atoms with Crippen LogP contribution in [0.5, 0.6) is 0 Å². The fourth-order valence-corrected chi connectivity index (χ4v) is 3.13. The quantitative estimate of drug-likeness (QED) is 0.839. The number of hydrogen-bond donors (Lipinski definition) is 0. The van der Waals surface area contributed by atoms with Gasteiger partial charge in [-0.15, -0.1) is 0 Å². The topological polar surface area (TPSA) is 36.4 Å². The fourth-order valence-electron chi connectivity index (χ4n) is 3.13. The van der Waals surface area contributed by atoms with Gasteiger partial charge in [0.1, 0.15) is 0 Å². The molecule has 22 heavy (non-hydrogen) atoms. The Morgan fingerprint density at radius 1 is 1.36 bits per heavy atom. The van der Waals surface area contributed by atoms with Crippen molar-refractivity contribution in [2.24, 2.45) is 0 Å². The van der Waals surface area contributed by atoms with E-state index < -0.39 is 0 Å². The van der Waals surface area contributed by atoms with Gasteiger partial charge in [-0.25, -0.2) is 0 Å². The van der Waals surface area contributed by atoms with E-state index in [0.29, 0.717) is 18.3 Å². The second-order valence-corrected chi connectivity index (χ2v) is 6.83. The Bertz CT molecular complexity index is 525. The molecule has 0 unspecified atom stereocenters. The minimum atomic E-state index is 0.280. The van der Waals surface area contributed by atoms with Crippen molar-refractivity contribution in [2.75, 3.05) is 27.2 Å². The van der Waals surface area contributed by atoms with Gasteiger partial charge < -0.3 is 9.80 Å². The molecule has 1 fully saturated rings. The Labute approximate surface area is 134 Å². The lowest BCUT2D eigenvalue weighted by Gasteiger charge is -2.32. The van der Waals surface area contributed by atoms with Crippen molar-refractivity contribution in [1.82, 2.24) is 14.8 Å². The molecule has 1 aliphatic heterocycles. The monoisotopic (exact) mass is 303 g/mol. The van der Waals surface area contributed by atoms with Crippen molar-refractivity contribution in [3.05, 3.63) is 29.1 Å². The second kappa shape index (κ2) is 7.23. The SMILES string of the molecule is CCN1CC[C@@H](c2ccc(C(C)C)nc2CN(C)C)CC1=O. The second-order valence-electron chi connectivity index (χ2n) is 6.83. The van der Waals surface area contributed by atoms with Gasteiger partial charge in [0.2, 0.25) is 5.91 Å². The van der Waals surface area contributed by atoms with Gasteiger partial charge in [0.25, 0.3) is 0 Å². The summed E-state index contributed by atoms with van der Waals surface area (Å²) in [6, 6.07) is 4.34. The molecule has 1 amide bonds. The summed E-state index contributed by atoms with van der Waals surface area (Å²) in [5.41, 5.74) is 3.54. The number of amides is 1. The molecule has 0 spiro atoms. The first-order valence-corrected chi connectivity index (χ1v) is 8.34. The van der Waals surface area contributed by atoms with Gasteiger partial charge in [0, 0.05) is 31.7 Å². The van der Waals surface area contributed by atoms with E-state index in [-0.39, 0.29) is 5.91 Å². The van der Waals surface area contributed by atoms with E-state index in [4.69, 9.17) is 4.98 Å². The molecule has 1 aromatic rings. The molecular formula is C18H29N3O. The summed E-state index contributed by atoms with van der Waals surface area (Å²) in [5, 5.41) is 0. The molecule has 1 aliphatic rings. The summed E-state index contributed by atoms with van der Waals surface area (Å²) in [7, 11) is 4.14. The molecule has 0 N–H and O–H groups in total. The molecule has 4 nitrogen and oxygen atoms in total. The smallest absolute Gasteiger partial charge is 0.223 e. The average Bonchev–Trinajstić information content (AvgIpc) is 2.46. The van der Waals surface area contributed by atoms with E-state index in [0.717, 1.165) is 37.4 Å². The Morgan fingerprint density at radius 3 is 2.64 bits per heavy atom. The Morgan fingerprint density at radius 2 is 2.09 bits per heavy atom. The van der Waals surface area contributed by atoms with Gasteiger partial charge in [-0.05, 0) is 50.9 Å². The fraction of sp³-hybridized carbons (Fsp3) is 0.667. The van der Waals surface area contributed by atoms with Gasteiger partial charge >= 0.3 is 0 Å². The molecule has 0 aromatic carbocycles. The third-order valence-corrected chi connectivity index (χ3v) is 4.43. The Hall–Kier alpha value is -1.42. The van der Waals surface area contributed by atoms with Gasteiger partial charge in [-0.2, -0.15) is 0 Å². The summed E-state index contributed by atoms with van der Waals surface area (Å²) in [6.07, 6.45) is 1.67. The summed E-state index contributed by atoms with van der Waals surface area (Å²) >= 11 is 0. The van der Waals surface area contributed by atoms with Crippen LogP contribution in [0.1, 0.15) is 62.4 Å². The zero-order valence-corrected chi connectivity index (χ0v) is 14.6. The summed E-state index contributed by atoms with van der Waals surface area (Å²) in [4.78, 5) is 21.2. The lowest BCUT2D eigenvalue weighted by atomic mass is 9.87. The molecular weight excluding hydrogens is 274 g/mol. The van der Waals surface area contributed by atoms with Crippen LogP contribution < -0.4 is 0 Å². The van der Waals surface area contributed by atoms with Gasteiger partial charge in [0.15, 0.2) is 0 Å². The van der Waals surface area contributed by atoms with Crippen LogP contribution in [0.25, 0.3) is 0 Å². The molecule has 4 heteroatoms. The Kier molecular flexibility index (Phi) is 5.57. The predicted octanol–water partition coefficient (Wildman–Crippen LogP) is 2.99. The van der Waals surface area contributed by atoms with Crippen molar-refractivity contribution >= 4 is 5.91 Å². The minimum absolute atomic E-state index is 0.280. The maximum absolute atomic E-state index is 12.2. The van der Waals surface area contributed by atoms with Gasteiger partial charge in [-0.1, -0.05) is 19.9 Å². The number of carbonyl (C=O) groups excluding carboxylic acids is 1. The van der Waals surface area contributed by atoms with E-state index in [9.17, 15) is 4.79 Å². The van der Waals surface area contributed by atoms with Crippen molar-refractivity contribution in [1.29, 1.82) is 0 Å². The number of pyridine rings is 1. The van der Waals surface area contributed by atoms with Gasteiger partial charge in [-0.3, -0.25) is 9.78 Å². The van der Waals surface area contributed by atoms with E-state index in [1.165, 1.54) is 5.56 Å². The van der Waals surface area contributed by atoms with Crippen LogP contribution in [0.3, 0.4) is 0 Å². The maximum Gasteiger partial charge on any atom is 0.223 e. The van der Waals surface area contributed by atoms with E-state index in [2.05, 4.69) is 51.9 Å². The first-order valence-electron chi connectivity index (χ1n) is 8.34. The highest BCUT2D eigenvalue weighted by Crippen LogP contribution is 2.31. The van der Waals surface area contributed by atoms with Crippen LogP contribution in [0.15, 0.2) is 12.1 Å². The van der Waals surface area contributed by atoms with Crippen LogP contribution >= 0.6 is 0 Å². The Balaban J connectivity index is 2.27. The summed E-state index contributed by atoms with van der Waals surface area (Å²) < 4.78 is 0. The summed E-state index contributed by atoms with van der Waals surface area (Å²) in [5.74, 6) is 1.03. The van der Waals surface area contributed by atoms with Gasteiger partial charge in [0.05, 0.1) is 5.69 Å². The standard InChI is InChI=1S/C18H29N3O/c1-6-21-10-9-14(11-18(21)22)15-7-8-16(13(2)3)19-17(15)12-20(4)5/h7-8,13-14H,6,9-12H2,1-5H3/t14-/m1/s1. The zero-order chi connectivity index (χ0) is 16.3. The molecule has 1 aromatic heterocycles. The number of rotatable bonds is 5. The largest absolute Gasteiger partial charge is 0.343 e. The highest BCUT2D eigenvalue weighted by molar-refractivity contribution is 5.78. The number of piperidine rings is 1. The highest BCUT2D eigenvalue weighted by Gasteiger charge is 2.28. The number of nitrogens with zero attached hydrogens (tertiary/aromatic N) is 3. The van der Waals surface area contributed by atoms with E-state index in [1.807, 2.05) is 4.90 Å². The molecule has 0 aliphatic carbocycles. The third kappa shape index (κ3) is 3.86. The van der Waals surface area contributed by atoms with Crippen molar-refractivity contribution in [3.8, 4) is 0 Å². The highest BCUT2D eigenvalue weighted by atomic mass is 16.2. The molecule has 0 bridgehead atoms. The van der Waals surface area contributed by atoms with Crippen LogP contribution in [0.4, 0.5) is 0 Å². The number of hydrogen-bond acceptors (Lipinski definition) is 3. The van der Waals surface area contributed by atoms with E-state index in [1.54, 1.807) is 0 Å². The molecule has 0 radical (unpaired) electrons.